The number of halogens is 1. The molecule has 0 saturated carbocycles. The molecule has 0 aromatic heterocycles. The molecule has 19 heavy (non-hydrogen) atoms. The Hall–Kier alpha value is -1.58. The highest BCUT2D eigenvalue weighted by molar-refractivity contribution is 6.36. The predicted octanol–water partition coefficient (Wildman–Crippen LogP) is 3.19. The summed E-state index contributed by atoms with van der Waals surface area (Å²) in [5.74, 6) is -0.565. The Morgan fingerprint density at radius 2 is 1.89 bits per heavy atom. The van der Waals surface area contributed by atoms with E-state index in [0.717, 1.165) is 16.3 Å². The third kappa shape index (κ3) is 1.58. The Bertz CT molecular complexity index is 664. The molecule has 1 saturated heterocycles. The van der Waals surface area contributed by atoms with Crippen LogP contribution in [-0.4, -0.2) is 18.1 Å². The Kier molecular flexibility index (Phi) is 2.59. The van der Waals surface area contributed by atoms with Crippen LogP contribution in [0, 0.1) is 0 Å². The summed E-state index contributed by atoms with van der Waals surface area (Å²) in [4.78, 5) is 11.7. The number of fused-ring (bicyclic) bond motifs is 1. The van der Waals surface area contributed by atoms with Crippen LogP contribution in [0.5, 0.6) is 0 Å². The molecule has 1 fully saturated rings. The molecular formula is C15H13ClO3. The summed E-state index contributed by atoms with van der Waals surface area (Å²) in [6, 6.07) is 13.8. The second-order valence-corrected chi connectivity index (χ2v) is 5.28. The lowest BCUT2D eigenvalue weighted by molar-refractivity contribution is -0.143. The zero-order valence-electron chi connectivity index (χ0n) is 10.6. The third-order valence-corrected chi connectivity index (χ3v) is 4.26. The van der Waals surface area contributed by atoms with Crippen LogP contribution >= 0.6 is 11.6 Å². The van der Waals surface area contributed by atoms with Crippen molar-refractivity contribution in [3.05, 3.63) is 48.0 Å². The van der Waals surface area contributed by atoms with Crippen molar-refractivity contribution in [3.8, 4) is 0 Å². The Morgan fingerprint density at radius 1 is 1.21 bits per heavy atom. The Labute approximate surface area is 116 Å². The molecule has 1 heterocycles. The van der Waals surface area contributed by atoms with Gasteiger partial charge in [-0.1, -0.05) is 54.1 Å². The number of esters is 1. The first-order valence-electron chi connectivity index (χ1n) is 5.99. The fourth-order valence-corrected chi connectivity index (χ4v) is 2.83. The molecule has 0 amide bonds. The summed E-state index contributed by atoms with van der Waals surface area (Å²) in [6.45, 7) is 1.80. The van der Waals surface area contributed by atoms with Crippen LogP contribution < -0.4 is 0 Å². The highest BCUT2D eigenvalue weighted by Crippen LogP contribution is 2.60. The smallest absolute Gasteiger partial charge is 0.357 e. The van der Waals surface area contributed by atoms with Crippen LogP contribution in [0.2, 0.25) is 0 Å². The molecule has 0 spiro atoms. The van der Waals surface area contributed by atoms with Gasteiger partial charge in [0.15, 0.2) is 0 Å². The number of benzene rings is 2. The summed E-state index contributed by atoms with van der Waals surface area (Å²) in [7, 11) is 1.30. The van der Waals surface area contributed by atoms with Crippen molar-refractivity contribution in [3.63, 3.8) is 0 Å². The van der Waals surface area contributed by atoms with Gasteiger partial charge in [-0.05, 0) is 23.3 Å². The number of ether oxygens (including phenoxy) is 2. The molecule has 0 bridgehead atoms. The molecule has 0 N–H and O–H groups in total. The summed E-state index contributed by atoms with van der Waals surface area (Å²) >= 11 is 6.24. The maximum absolute atomic E-state index is 11.7. The summed E-state index contributed by atoms with van der Waals surface area (Å²) in [6.07, 6.45) is 0. The number of carbonyl (C=O) groups is 1. The molecule has 3 rings (SSSR count). The van der Waals surface area contributed by atoms with Crippen molar-refractivity contribution in [1.82, 2.24) is 0 Å². The van der Waals surface area contributed by atoms with E-state index in [9.17, 15) is 4.79 Å². The van der Waals surface area contributed by atoms with Gasteiger partial charge in [0, 0.05) is 0 Å². The number of hydrogen-bond acceptors (Lipinski definition) is 3. The topological polar surface area (TPSA) is 38.8 Å². The molecule has 2 unspecified atom stereocenters. The van der Waals surface area contributed by atoms with Gasteiger partial charge in [-0.25, -0.2) is 4.79 Å². The fraction of sp³-hybridized carbons (Fsp3) is 0.267. The van der Waals surface area contributed by atoms with E-state index < -0.39 is 16.6 Å². The van der Waals surface area contributed by atoms with Crippen LogP contribution in [0.25, 0.3) is 10.8 Å². The van der Waals surface area contributed by atoms with Crippen molar-refractivity contribution < 1.29 is 14.3 Å². The van der Waals surface area contributed by atoms with Gasteiger partial charge in [-0.15, -0.1) is 0 Å². The normalized spacial score (nSPS) is 29.2. The minimum atomic E-state index is -1.42. The monoisotopic (exact) mass is 276 g/mol. The fourth-order valence-electron chi connectivity index (χ4n) is 2.49. The molecular weight excluding hydrogens is 264 g/mol. The van der Waals surface area contributed by atoms with Crippen molar-refractivity contribution in [2.75, 3.05) is 7.11 Å². The molecule has 3 nitrogen and oxygen atoms in total. The van der Waals surface area contributed by atoms with Gasteiger partial charge in [0.05, 0.1) is 7.11 Å². The van der Waals surface area contributed by atoms with Crippen LogP contribution in [0.15, 0.2) is 42.5 Å². The number of hydrogen-bond donors (Lipinski definition) is 0. The maximum Gasteiger partial charge on any atom is 0.357 e. The van der Waals surface area contributed by atoms with Gasteiger partial charge in [0.25, 0.3) is 5.06 Å². The van der Waals surface area contributed by atoms with E-state index in [1.165, 1.54) is 7.11 Å². The van der Waals surface area contributed by atoms with E-state index in [4.69, 9.17) is 21.1 Å². The standard InChI is InChI=1S/C15H13ClO3/c1-14(15(16,19-14)13(17)18-2)12-9-5-7-10-6-3-4-8-11(10)12/h3-9H,1-2H3. The van der Waals surface area contributed by atoms with Crippen LogP contribution in [0.4, 0.5) is 0 Å². The average molecular weight is 277 g/mol. The SMILES string of the molecule is COC(=O)C1(Cl)OC1(C)c1cccc2ccccc12. The molecule has 2 aromatic carbocycles. The molecule has 4 heteroatoms. The molecule has 0 aliphatic carbocycles. The van der Waals surface area contributed by atoms with Crippen molar-refractivity contribution in [1.29, 1.82) is 0 Å². The van der Waals surface area contributed by atoms with Crippen molar-refractivity contribution >= 4 is 28.3 Å². The lowest BCUT2D eigenvalue weighted by atomic mass is 9.92. The summed E-state index contributed by atoms with van der Waals surface area (Å²) in [5, 5.41) is 0.686. The molecule has 2 atom stereocenters. The van der Waals surface area contributed by atoms with Gasteiger partial charge in [-0.3, -0.25) is 0 Å². The maximum atomic E-state index is 11.7. The zero-order valence-corrected chi connectivity index (χ0v) is 11.4. The largest absolute Gasteiger partial charge is 0.466 e. The van der Waals surface area contributed by atoms with Crippen molar-refractivity contribution in [2.45, 2.75) is 17.6 Å². The number of alkyl halides is 1. The van der Waals surface area contributed by atoms with Gasteiger partial charge >= 0.3 is 5.97 Å². The molecule has 2 aromatic rings. The highest BCUT2D eigenvalue weighted by atomic mass is 35.5. The first-order chi connectivity index (χ1) is 9.03. The quantitative estimate of drug-likeness (QED) is 0.480. The second-order valence-electron chi connectivity index (χ2n) is 4.75. The van der Waals surface area contributed by atoms with Crippen LogP contribution in [-0.2, 0) is 19.9 Å². The molecule has 1 aliphatic heterocycles. The van der Waals surface area contributed by atoms with Gasteiger partial charge < -0.3 is 9.47 Å². The van der Waals surface area contributed by atoms with Crippen molar-refractivity contribution in [2.24, 2.45) is 0 Å². The van der Waals surface area contributed by atoms with Gasteiger partial charge in [0.1, 0.15) is 5.60 Å². The molecule has 0 radical (unpaired) electrons. The second kappa shape index (κ2) is 3.95. The predicted molar refractivity (Wildman–Crippen MR) is 73.0 cm³/mol. The third-order valence-electron chi connectivity index (χ3n) is 3.67. The summed E-state index contributed by atoms with van der Waals surface area (Å²) in [5.41, 5.74) is 0.0358. The van der Waals surface area contributed by atoms with E-state index in [1.807, 2.05) is 42.5 Å². The lowest BCUT2D eigenvalue weighted by Crippen LogP contribution is -2.27. The van der Waals surface area contributed by atoms with Crippen LogP contribution in [0.1, 0.15) is 12.5 Å². The number of rotatable bonds is 2. The first kappa shape index (κ1) is 12.5. The zero-order chi connectivity index (χ0) is 13.7. The Balaban J connectivity index is 2.15. The van der Waals surface area contributed by atoms with Gasteiger partial charge in [-0.2, -0.15) is 0 Å². The van der Waals surface area contributed by atoms with E-state index >= 15 is 0 Å². The average Bonchev–Trinajstić information content (AvgIpc) is 3.02. The molecule has 1 aliphatic rings. The minimum Gasteiger partial charge on any atom is -0.466 e. The number of methoxy groups -OCH3 is 1. The highest BCUT2D eigenvalue weighted by Gasteiger charge is 2.74. The minimum absolute atomic E-state index is 0.565. The number of carbonyl (C=O) groups excluding carboxylic acids is 1. The summed E-state index contributed by atoms with van der Waals surface area (Å²) < 4.78 is 10.2. The van der Waals surface area contributed by atoms with Gasteiger partial charge in [0.2, 0.25) is 0 Å². The van der Waals surface area contributed by atoms with E-state index in [1.54, 1.807) is 6.92 Å². The van der Waals surface area contributed by atoms with Crippen LogP contribution in [0.3, 0.4) is 0 Å². The molecule has 98 valence electrons. The lowest BCUT2D eigenvalue weighted by Gasteiger charge is -2.12. The van der Waals surface area contributed by atoms with E-state index in [-0.39, 0.29) is 0 Å². The van der Waals surface area contributed by atoms with E-state index in [2.05, 4.69) is 0 Å². The number of epoxide rings is 1. The van der Waals surface area contributed by atoms with E-state index in [0.29, 0.717) is 0 Å². The Morgan fingerprint density at radius 3 is 2.63 bits per heavy atom. The first-order valence-corrected chi connectivity index (χ1v) is 6.36.